The van der Waals surface area contributed by atoms with Crippen LogP contribution in [-0.2, 0) is 6.54 Å². The van der Waals surface area contributed by atoms with Crippen LogP contribution in [0.1, 0.15) is 27.3 Å². The quantitative estimate of drug-likeness (QED) is 0.894. The normalized spacial score (nSPS) is 10.1. The molecule has 2 rings (SSSR count). The van der Waals surface area contributed by atoms with Crippen LogP contribution in [0.3, 0.4) is 0 Å². The molecule has 0 saturated heterocycles. The SMILES string of the molecule is Cc1ccc(CNC(=O)c2cc(C)ncn2)cc1. The molecule has 0 aliphatic carbocycles. The van der Waals surface area contributed by atoms with Crippen molar-refractivity contribution in [1.29, 1.82) is 0 Å². The van der Waals surface area contributed by atoms with Gasteiger partial charge in [-0.15, -0.1) is 0 Å². The van der Waals surface area contributed by atoms with E-state index in [9.17, 15) is 4.79 Å². The predicted molar refractivity (Wildman–Crippen MR) is 69.1 cm³/mol. The standard InChI is InChI=1S/C14H15N3O/c1-10-3-5-12(6-4-10)8-15-14(18)13-7-11(2)16-9-17-13/h3-7,9H,8H2,1-2H3,(H,15,18). The number of benzene rings is 1. The number of nitrogens with one attached hydrogen (secondary N) is 1. The Hall–Kier alpha value is -2.23. The van der Waals surface area contributed by atoms with Gasteiger partial charge >= 0.3 is 0 Å². The molecular weight excluding hydrogens is 226 g/mol. The predicted octanol–water partition coefficient (Wildman–Crippen LogP) is 2.02. The maximum absolute atomic E-state index is 11.8. The molecule has 0 aliphatic rings. The molecule has 18 heavy (non-hydrogen) atoms. The summed E-state index contributed by atoms with van der Waals surface area (Å²) < 4.78 is 0. The number of hydrogen-bond donors (Lipinski definition) is 1. The molecule has 0 unspecified atom stereocenters. The number of hydrogen-bond acceptors (Lipinski definition) is 3. The van der Waals surface area contributed by atoms with E-state index in [0.29, 0.717) is 12.2 Å². The largest absolute Gasteiger partial charge is 0.347 e. The summed E-state index contributed by atoms with van der Waals surface area (Å²) in [6.45, 7) is 4.37. The molecule has 1 heterocycles. The molecule has 4 nitrogen and oxygen atoms in total. The van der Waals surface area contributed by atoms with E-state index in [1.165, 1.54) is 11.9 Å². The van der Waals surface area contributed by atoms with Crippen LogP contribution < -0.4 is 5.32 Å². The van der Waals surface area contributed by atoms with Gasteiger partial charge in [0.1, 0.15) is 12.0 Å². The summed E-state index contributed by atoms with van der Waals surface area (Å²) >= 11 is 0. The van der Waals surface area contributed by atoms with Gasteiger partial charge in [0.15, 0.2) is 0 Å². The number of rotatable bonds is 3. The number of nitrogens with zero attached hydrogens (tertiary/aromatic N) is 2. The molecule has 0 spiro atoms. The van der Waals surface area contributed by atoms with Crippen LogP contribution in [0.4, 0.5) is 0 Å². The molecular formula is C14H15N3O. The van der Waals surface area contributed by atoms with Gasteiger partial charge in [-0.1, -0.05) is 29.8 Å². The summed E-state index contributed by atoms with van der Waals surface area (Å²) in [5.74, 6) is -0.180. The van der Waals surface area contributed by atoms with Crippen LogP contribution in [0.5, 0.6) is 0 Å². The van der Waals surface area contributed by atoms with Gasteiger partial charge in [-0.2, -0.15) is 0 Å². The van der Waals surface area contributed by atoms with Gasteiger partial charge in [-0.05, 0) is 25.5 Å². The second-order valence-electron chi connectivity index (χ2n) is 4.21. The van der Waals surface area contributed by atoms with Crippen molar-refractivity contribution < 1.29 is 4.79 Å². The summed E-state index contributed by atoms with van der Waals surface area (Å²) in [4.78, 5) is 19.7. The van der Waals surface area contributed by atoms with Gasteiger partial charge in [-0.25, -0.2) is 9.97 Å². The number of amides is 1. The second-order valence-corrected chi connectivity index (χ2v) is 4.21. The summed E-state index contributed by atoms with van der Waals surface area (Å²) in [5, 5.41) is 2.83. The van der Waals surface area contributed by atoms with E-state index in [4.69, 9.17) is 0 Å². The van der Waals surface area contributed by atoms with Gasteiger partial charge in [-0.3, -0.25) is 4.79 Å². The number of carbonyl (C=O) groups is 1. The minimum atomic E-state index is -0.180. The van der Waals surface area contributed by atoms with E-state index in [1.807, 2.05) is 38.1 Å². The Morgan fingerprint density at radius 3 is 2.56 bits per heavy atom. The highest BCUT2D eigenvalue weighted by Crippen LogP contribution is 2.03. The zero-order valence-electron chi connectivity index (χ0n) is 10.5. The first-order valence-corrected chi connectivity index (χ1v) is 5.77. The topological polar surface area (TPSA) is 54.9 Å². The van der Waals surface area contributed by atoms with Crippen molar-refractivity contribution in [3.8, 4) is 0 Å². The molecule has 1 amide bonds. The highest BCUT2D eigenvalue weighted by Gasteiger charge is 2.06. The van der Waals surface area contributed by atoms with Crippen molar-refractivity contribution in [1.82, 2.24) is 15.3 Å². The molecule has 92 valence electrons. The Balaban J connectivity index is 1.98. The third-order valence-electron chi connectivity index (χ3n) is 2.61. The van der Waals surface area contributed by atoms with Crippen LogP contribution >= 0.6 is 0 Å². The van der Waals surface area contributed by atoms with Crippen molar-refractivity contribution in [2.24, 2.45) is 0 Å². The molecule has 0 radical (unpaired) electrons. The Morgan fingerprint density at radius 2 is 1.89 bits per heavy atom. The lowest BCUT2D eigenvalue weighted by molar-refractivity contribution is 0.0945. The second kappa shape index (κ2) is 5.40. The summed E-state index contributed by atoms with van der Waals surface area (Å²) in [5.41, 5.74) is 3.45. The summed E-state index contributed by atoms with van der Waals surface area (Å²) in [7, 11) is 0. The van der Waals surface area contributed by atoms with E-state index >= 15 is 0 Å². The fourth-order valence-electron chi connectivity index (χ4n) is 1.56. The molecule has 0 saturated carbocycles. The number of aryl methyl sites for hydroxylation is 2. The van der Waals surface area contributed by atoms with Crippen LogP contribution in [0.25, 0.3) is 0 Å². The van der Waals surface area contributed by atoms with Crippen molar-refractivity contribution >= 4 is 5.91 Å². The van der Waals surface area contributed by atoms with E-state index in [0.717, 1.165) is 11.3 Å². The first-order chi connectivity index (χ1) is 8.65. The Bertz CT molecular complexity index is 549. The highest BCUT2D eigenvalue weighted by molar-refractivity contribution is 5.92. The van der Waals surface area contributed by atoms with Crippen LogP contribution in [0.15, 0.2) is 36.7 Å². The molecule has 1 aromatic carbocycles. The average molecular weight is 241 g/mol. The lowest BCUT2D eigenvalue weighted by atomic mass is 10.1. The summed E-state index contributed by atoms with van der Waals surface area (Å²) in [6.07, 6.45) is 1.40. The molecule has 0 atom stereocenters. The molecule has 1 aromatic heterocycles. The van der Waals surface area contributed by atoms with Crippen molar-refractivity contribution in [2.75, 3.05) is 0 Å². The maximum atomic E-state index is 11.8. The Labute approximate surface area is 106 Å². The molecule has 1 N–H and O–H groups in total. The molecule has 4 heteroatoms. The van der Waals surface area contributed by atoms with Crippen molar-refractivity contribution in [2.45, 2.75) is 20.4 Å². The molecule has 2 aromatic rings. The van der Waals surface area contributed by atoms with Gasteiger partial charge in [0.2, 0.25) is 0 Å². The van der Waals surface area contributed by atoms with Gasteiger partial charge < -0.3 is 5.32 Å². The van der Waals surface area contributed by atoms with Crippen molar-refractivity contribution in [3.05, 3.63) is 59.2 Å². The third kappa shape index (κ3) is 3.13. The first kappa shape index (κ1) is 12.2. The monoisotopic (exact) mass is 241 g/mol. The van der Waals surface area contributed by atoms with E-state index in [2.05, 4.69) is 15.3 Å². The zero-order chi connectivity index (χ0) is 13.0. The van der Waals surface area contributed by atoms with Crippen molar-refractivity contribution in [3.63, 3.8) is 0 Å². The van der Waals surface area contributed by atoms with E-state index < -0.39 is 0 Å². The van der Waals surface area contributed by atoms with Gasteiger partial charge in [0.05, 0.1) is 0 Å². The number of carbonyl (C=O) groups excluding carboxylic acids is 1. The first-order valence-electron chi connectivity index (χ1n) is 5.77. The van der Waals surface area contributed by atoms with Crippen LogP contribution in [-0.4, -0.2) is 15.9 Å². The third-order valence-corrected chi connectivity index (χ3v) is 2.61. The lowest BCUT2D eigenvalue weighted by Gasteiger charge is -2.05. The minimum absolute atomic E-state index is 0.180. The average Bonchev–Trinajstić information content (AvgIpc) is 2.38. The summed E-state index contributed by atoms with van der Waals surface area (Å²) in [6, 6.07) is 9.72. The van der Waals surface area contributed by atoms with Gasteiger partial charge in [0.25, 0.3) is 5.91 Å². The lowest BCUT2D eigenvalue weighted by Crippen LogP contribution is -2.24. The molecule has 0 aliphatic heterocycles. The van der Waals surface area contributed by atoms with Crippen LogP contribution in [0.2, 0.25) is 0 Å². The molecule has 0 bridgehead atoms. The number of aromatic nitrogens is 2. The maximum Gasteiger partial charge on any atom is 0.270 e. The van der Waals surface area contributed by atoms with E-state index in [1.54, 1.807) is 6.07 Å². The minimum Gasteiger partial charge on any atom is -0.347 e. The molecule has 0 fully saturated rings. The Kier molecular flexibility index (Phi) is 3.67. The smallest absolute Gasteiger partial charge is 0.270 e. The highest BCUT2D eigenvalue weighted by atomic mass is 16.1. The van der Waals surface area contributed by atoms with E-state index in [-0.39, 0.29) is 5.91 Å². The zero-order valence-corrected chi connectivity index (χ0v) is 10.5. The van der Waals surface area contributed by atoms with Gasteiger partial charge in [0, 0.05) is 12.2 Å². The van der Waals surface area contributed by atoms with Crippen LogP contribution in [0, 0.1) is 13.8 Å². The fraction of sp³-hybridized carbons (Fsp3) is 0.214. The fourth-order valence-corrected chi connectivity index (χ4v) is 1.56. The Morgan fingerprint density at radius 1 is 1.17 bits per heavy atom.